The van der Waals surface area contributed by atoms with Crippen LogP contribution in [-0.4, -0.2) is 11.0 Å². The fourth-order valence-corrected chi connectivity index (χ4v) is 1.06. The fraction of sp³-hybridized carbons (Fsp3) is 0.750. The zero-order chi connectivity index (χ0) is 9.56. The molecule has 3 N–H and O–H groups in total. The van der Waals surface area contributed by atoms with E-state index in [-0.39, 0.29) is 17.7 Å². The lowest BCUT2D eigenvalue weighted by molar-refractivity contribution is 0.311. The molecular weight excluding hydrogens is 154 g/mol. The van der Waals surface area contributed by atoms with Gasteiger partial charge in [-0.2, -0.15) is 5.26 Å². The molecule has 0 aromatic heterocycles. The molecule has 68 valence electrons. The van der Waals surface area contributed by atoms with Gasteiger partial charge in [0.2, 0.25) is 0 Å². The van der Waals surface area contributed by atoms with Gasteiger partial charge in [0.1, 0.15) is 5.84 Å². The van der Waals surface area contributed by atoms with E-state index in [0.29, 0.717) is 6.42 Å². The molecule has 2 unspecified atom stereocenters. The van der Waals surface area contributed by atoms with Crippen LogP contribution >= 0.6 is 0 Å². The number of oxime groups is 1. The Morgan fingerprint density at radius 2 is 2.33 bits per heavy atom. The van der Waals surface area contributed by atoms with Crippen LogP contribution in [0.15, 0.2) is 5.16 Å². The van der Waals surface area contributed by atoms with E-state index in [9.17, 15) is 0 Å². The van der Waals surface area contributed by atoms with Crippen LogP contribution in [-0.2, 0) is 0 Å². The molecular formula is C8H15N3O. The standard InChI is InChI=1S/C8H15N3O/c1-3-7(8(10)11-12)4-6(2)5-9/h6-7,12H,3-4H2,1-2H3,(H2,10,11). The van der Waals surface area contributed by atoms with Crippen LogP contribution < -0.4 is 5.73 Å². The van der Waals surface area contributed by atoms with Gasteiger partial charge in [0.25, 0.3) is 0 Å². The normalized spacial score (nSPS) is 16.6. The molecule has 0 saturated heterocycles. The summed E-state index contributed by atoms with van der Waals surface area (Å²) < 4.78 is 0. The van der Waals surface area contributed by atoms with Crippen molar-refractivity contribution in [3.8, 4) is 6.07 Å². The van der Waals surface area contributed by atoms with Gasteiger partial charge in [-0.25, -0.2) is 0 Å². The first kappa shape index (κ1) is 10.8. The molecule has 0 aliphatic rings. The summed E-state index contributed by atoms with van der Waals surface area (Å²) in [4.78, 5) is 0. The van der Waals surface area contributed by atoms with Crippen molar-refractivity contribution in [3.63, 3.8) is 0 Å². The Labute approximate surface area is 72.7 Å². The minimum Gasteiger partial charge on any atom is -0.409 e. The first-order valence-corrected chi connectivity index (χ1v) is 4.02. The molecule has 0 rings (SSSR count). The number of nitrogens with zero attached hydrogens (tertiary/aromatic N) is 2. The first-order valence-electron chi connectivity index (χ1n) is 4.02. The Morgan fingerprint density at radius 1 is 1.75 bits per heavy atom. The Kier molecular flexibility index (Phi) is 4.86. The van der Waals surface area contributed by atoms with Crippen LogP contribution in [0, 0.1) is 23.2 Å². The maximum atomic E-state index is 8.54. The predicted octanol–water partition coefficient (Wildman–Crippen LogP) is 1.31. The minimum absolute atomic E-state index is 0.0182. The SMILES string of the molecule is CCC(CC(C)C#N)/C(N)=N/O. The minimum atomic E-state index is -0.0461. The van der Waals surface area contributed by atoms with Crippen LogP contribution in [0.5, 0.6) is 0 Å². The van der Waals surface area contributed by atoms with E-state index in [1.807, 2.05) is 13.8 Å². The molecule has 0 saturated carbocycles. The summed E-state index contributed by atoms with van der Waals surface area (Å²) in [5.41, 5.74) is 5.42. The van der Waals surface area contributed by atoms with E-state index >= 15 is 0 Å². The molecule has 0 spiro atoms. The first-order chi connectivity index (χ1) is 5.65. The van der Waals surface area contributed by atoms with Gasteiger partial charge in [-0.15, -0.1) is 0 Å². The van der Waals surface area contributed by atoms with Gasteiger partial charge in [-0.3, -0.25) is 0 Å². The quantitative estimate of drug-likeness (QED) is 0.288. The highest BCUT2D eigenvalue weighted by Crippen LogP contribution is 2.14. The molecule has 0 fully saturated rings. The lowest BCUT2D eigenvalue weighted by Gasteiger charge is -2.13. The summed E-state index contributed by atoms with van der Waals surface area (Å²) in [5.74, 6) is 0.194. The van der Waals surface area contributed by atoms with Crippen molar-refractivity contribution in [2.45, 2.75) is 26.7 Å². The molecule has 2 atom stereocenters. The highest BCUT2D eigenvalue weighted by molar-refractivity contribution is 5.82. The zero-order valence-corrected chi connectivity index (χ0v) is 7.49. The molecule has 12 heavy (non-hydrogen) atoms. The summed E-state index contributed by atoms with van der Waals surface area (Å²) in [5, 5.41) is 19.9. The Balaban J connectivity index is 4.11. The van der Waals surface area contributed by atoms with Gasteiger partial charge in [-0.05, 0) is 19.8 Å². The third kappa shape index (κ3) is 3.24. The molecule has 0 amide bonds. The molecule has 0 heterocycles. The highest BCUT2D eigenvalue weighted by Gasteiger charge is 2.14. The average molecular weight is 169 g/mol. The number of hydrogen-bond acceptors (Lipinski definition) is 3. The van der Waals surface area contributed by atoms with Crippen molar-refractivity contribution in [3.05, 3.63) is 0 Å². The van der Waals surface area contributed by atoms with Crippen molar-refractivity contribution in [2.24, 2.45) is 22.7 Å². The second kappa shape index (κ2) is 5.42. The summed E-state index contributed by atoms with van der Waals surface area (Å²) in [7, 11) is 0. The van der Waals surface area contributed by atoms with E-state index in [1.165, 1.54) is 0 Å². The lowest BCUT2D eigenvalue weighted by Crippen LogP contribution is -2.24. The summed E-state index contributed by atoms with van der Waals surface area (Å²) >= 11 is 0. The van der Waals surface area contributed by atoms with Crippen molar-refractivity contribution in [2.75, 3.05) is 0 Å². The lowest BCUT2D eigenvalue weighted by atomic mass is 9.94. The van der Waals surface area contributed by atoms with E-state index in [1.54, 1.807) is 0 Å². The third-order valence-corrected chi connectivity index (χ3v) is 1.89. The predicted molar refractivity (Wildman–Crippen MR) is 46.6 cm³/mol. The number of rotatable bonds is 4. The van der Waals surface area contributed by atoms with E-state index in [4.69, 9.17) is 16.2 Å². The van der Waals surface area contributed by atoms with Crippen molar-refractivity contribution in [1.29, 1.82) is 5.26 Å². The van der Waals surface area contributed by atoms with Crippen LogP contribution in [0.4, 0.5) is 0 Å². The molecule has 0 radical (unpaired) electrons. The number of nitriles is 1. The molecule has 4 heteroatoms. The maximum Gasteiger partial charge on any atom is 0.142 e. The van der Waals surface area contributed by atoms with Crippen LogP contribution in [0.1, 0.15) is 26.7 Å². The third-order valence-electron chi connectivity index (χ3n) is 1.89. The number of nitrogens with two attached hydrogens (primary N) is 1. The average Bonchev–Trinajstić information content (AvgIpc) is 2.12. The number of hydrogen-bond donors (Lipinski definition) is 2. The van der Waals surface area contributed by atoms with Gasteiger partial charge in [0.15, 0.2) is 0 Å². The fourth-order valence-electron chi connectivity index (χ4n) is 1.06. The van der Waals surface area contributed by atoms with Gasteiger partial charge < -0.3 is 10.9 Å². The largest absolute Gasteiger partial charge is 0.409 e. The maximum absolute atomic E-state index is 8.54. The second-order valence-electron chi connectivity index (χ2n) is 2.90. The highest BCUT2D eigenvalue weighted by atomic mass is 16.4. The van der Waals surface area contributed by atoms with Crippen molar-refractivity contribution in [1.82, 2.24) is 0 Å². The topological polar surface area (TPSA) is 82.4 Å². The molecule has 0 aromatic rings. The molecule has 0 aliphatic heterocycles. The zero-order valence-electron chi connectivity index (χ0n) is 7.49. The second-order valence-corrected chi connectivity index (χ2v) is 2.90. The monoisotopic (exact) mass is 169 g/mol. The molecule has 0 aliphatic carbocycles. The van der Waals surface area contributed by atoms with Crippen LogP contribution in [0.3, 0.4) is 0 Å². The Bertz CT molecular complexity index is 195. The van der Waals surface area contributed by atoms with Crippen molar-refractivity contribution >= 4 is 5.84 Å². The van der Waals surface area contributed by atoms with Gasteiger partial charge in [-0.1, -0.05) is 12.1 Å². The molecule has 0 bridgehead atoms. The molecule has 4 nitrogen and oxygen atoms in total. The van der Waals surface area contributed by atoms with Gasteiger partial charge >= 0.3 is 0 Å². The molecule has 0 aromatic carbocycles. The van der Waals surface area contributed by atoms with E-state index < -0.39 is 0 Å². The van der Waals surface area contributed by atoms with Crippen LogP contribution in [0.2, 0.25) is 0 Å². The van der Waals surface area contributed by atoms with Crippen molar-refractivity contribution < 1.29 is 5.21 Å². The summed E-state index contributed by atoms with van der Waals surface area (Å²) in [6, 6.07) is 2.12. The number of amidine groups is 1. The van der Waals surface area contributed by atoms with Crippen LogP contribution in [0.25, 0.3) is 0 Å². The smallest absolute Gasteiger partial charge is 0.142 e. The summed E-state index contributed by atoms with van der Waals surface area (Å²) in [6.45, 7) is 3.78. The van der Waals surface area contributed by atoms with E-state index in [0.717, 1.165) is 6.42 Å². The Hall–Kier alpha value is -1.24. The van der Waals surface area contributed by atoms with Gasteiger partial charge in [0.05, 0.1) is 6.07 Å². The summed E-state index contributed by atoms with van der Waals surface area (Å²) in [6.07, 6.45) is 1.45. The van der Waals surface area contributed by atoms with Gasteiger partial charge in [0, 0.05) is 11.8 Å². The Morgan fingerprint density at radius 3 is 2.67 bits per heavy atom. The van der Waals surface area contributed by atoms with E-state index in [2.05, 4.69) is 11.2 Å².